The topological polar surface area (TPSA) is 50.4 Å². The number of hydrogen-bond acceptors (Lipinski definition) is 3. The van der Waals surface area contributed by atoms with Crippen LogP contribution in [0.3, 0.4) is 0 Å². The largest absolute Gasteiger partial charge is 0.463 e. The lowest BCUT2D eigenvalue weighted by Crippen LogP contribution is -2.50. The summed E-state index contributed by atoms with van der Waals surface area (Å²) in [4.78, 5) is 12.1. The highest BCUT2D eigenvalue weighted by molar-refractivity contribution is 7.80. The molecule has 2 aliphatic rings. The van der Waals surface area contributed by atoms with Crippen LogP contribution in [0.1, 0.15) is 33.1 Å². The average molecular weight is 280 g/mol. The van der Waals surface area contributed by atoms with Crippen LogP contribution in [-0.2, 0) is 9.53 Å². The zero-order valence-electron chi connectivity index (χ0n) is 11.4. The van der Waals surface area contributed by atoms with Gasteiger partial charge in [0, 0.05) is 11.6 Å². The van der Waals surface area contributed by atoms with Crippen molar-refractivity contribution in [3.05, 3.63) is 23.4 Å². The van der Waals surface area contributed by atoms with Crippen molar-refractivity contribution in [2.75, 3.05) is 6.61 Å². The molecule has 2 atom stereocenters. The molecule has 0 aromatic carbocycles. The molecule has 1 aliphatic heterocycles. The van der Waals surface area contributed by atoms with Crippen LogP contribution in [0.25, 0.3) is 0 Å². The summed E-state index contributed by atoms with van der Waals surface area (Å²) in [5.41, 5.74) is 1.63. The number of thiocarbonyl (C=S) groups is 1. The fourth-order valence-electron chi connectivity index (χ4n) is 2.60. The smallest absolute Gasteiger partial charge is 0.337 e. The number of carbonyl (C=O) groups is 1. The van der Waals surface area contributed by atoms with E-state index < -0.39 is 0 Å². The molecule has 1 aliphatic carbocycles. The molecular weight excluding hydrogens is 260 g/mol. The normalized spacial score (nSPS) is 26.7. The summed E-state index contributed by atoms with van der Waals surface area (Å²) in [6.07, 6.45) is 7.38. The summed E-state index contributed by atoms with van der Waals surface area (Å²) in [5.74, 6) is 0.0777. The summed E-state index contributed by atoms with van der Waals surface area (Å²) in [7, 11) is 0. The standard InChI is InChI=1S/C14H20N2O2S/c1-3-18-13(17)11-9(2)15-14(19)16-12(11)10-7-5-4-6-8-10/h4-5,9-10H,3,6-8H2,1-2H3,(H2,15,16,19)/t9-,10-/m1/s1. The minimum absolute atomic E-state index is 0.103. The Balaban J connectivity index is 2.33. The minimum atomic E-state index is -0.248. The zero-order valence-corrected chi connectivity index (χ0v) is 12.2. The van der Waals surface area contributed by atoms with Gasteiger partial charge in [-0.2, -0.15) is 0 Å². The molecule has 0 aromatic rings. The van der Waals surface area contributed by atoms with E-state index in [-0.39, 0.29) is 12.0 Å². The Kier molecular flexibility index (Phi) is 4.58. The Morgan fingerprint density at radius 2 is 2.32 bits per heavy atom. The van der Waals surface area contributed by atoms with Crippen molar-refractivity contribution in [2.24, 2.45) is 5.92 Å². The van der Waals surface area contributed by atoms with Crippen LogP contribution in [0.5, 0.6) is 0 Å². The minimum Gasteiger partial charge on any atom is -0.463 e. The van der Waals surface area contributed by atoms with Gasteiger partial charge in [0.25, 0.3) is 0 Å². The Morgan fingerprint density at radius 3 is 2.95 bits per heavy atom. The van der Waals surface area contributed by atoms with E-state index in [4.69, 9.17) is 17.0 Å². The number of allylic oxidation sites excluding steroid dienone is 3. The molecule has 0 amide bonds. The van der Waals surface area contributed by atoms with Gasteiger partial charge in [-0.1, -0.05) is 12.2 Å². The Morgan fingerprint density at radius 1 is 1.53 bits per heavy atom. The SMILES string of the molecule is CCOC(=O)C1=C([C@@H]2CC=CCC2)NC(=S)N[C@@H]1C. The fraction of sp³-hybridized carbons (Fsp3) is 0.571. The van der Waals surface area contributed by atoms with Crippen LogP contribution in [0.2, 0.25) is 0 Å². The summed E-state index contributed by atoms with van der Waals surface area (Å²) in [5, 5.41) is 6.84. The van der Waals surface area contributed by atoms with E-state index in [9.17, 15) is 4.79 Å². The van der Waals surface area contributed by atoms with E-state index in [0.717, 1.165) is 25.0 Å². The molecule has 0 radical (unpaired) electrons. The number of esters is 1. The van der Waals surface area contributed by atoms with Gasteiger partial charge in [0.15, 0.2) is 5.11 Å². The van der Waals surface area contributed by atoms with E-state index in [1.54, 1.807) is 0 Å². The summed E-state index contributed by atoms with van der Waals surface area (Å²) >= 11 is 5.21. The van der Waals surface area contributed by atoms with Crippen LogP contribution in [0.15, 0.2) is 23.4 Å². The molecule has 0 saturated carbocycles. The number of hydrogen-bond donors (Lipinski definition) is 2. The first kappa shape index (κ1) is 14.1. The van der Waals surface area contributed by atoms with Crippen molar-refractivity contribution in [2.45, 2.75) is 39.2 Å². The molecule has 5 heteroatoms. The summed E-state index contributed by atoms with van der Waals surface area (Å²) in [6, 6.07) is -0.103. The van der Waals surface area contributed by atoms with Gasteiger partial charge < -0.3 is 15.4 Å². The number of rotatable bonds is 3. The summed E-state index contributed by atoms with van der Waals surface area (Å²) in [6.45, 7) is 4.15. The molecular formula is C14H20N2O2S. The molecule has 0 fully saturated rings. The third-order valence-electron chi connectivity index (χ3n) is 3.49. The van der Waals surface area contributed by atoms with Crippen LogP contribution in [-0.4, -0.2) is 23.7 Å². The van der Waals surface area contributed by atoms with Gasteiger partial charge in [0.2, 0.25) is 0 Å². The van der Waals surface area contributed by atoms with Gasteiger partial charge in [0.1, 0.15) is 0 Å². The molecule has 1 heterocycles. The second-order valence-electron chi connectivity index (χ2n) is 4.85. The molecule has 0 aromatic heterocycles. The highest BCUT2D eigenvalue weighted by Crippen LogP contribution is 2.29. The van der Waals surface area contributed by atoms with Gasteiger partial charge in [-0.3, -0.25) is 0 Å². The molecule has 0 spiro atoms. The second kappa shape index (κ2) is 6.19. The lowest BCUT2D eigenvalue weighted by atomic mass is 9.86. The van der Waals surface area contributed by atoms with Gasteiger partial charge in [-0.25, -0.2) is 4.79 Å². The van der Waals surface area contributed by atoms with Gasteiger partial charge >= 0.3 is 5.97 Å². The monoisotopic (exact) mass is 280 g/mol. The van der Waals surface area contributed by atoms with Gasteiger partial charge in [0.05, 0.1) is 18.2 Å². The quantitative estimate of drug-likeness (QED) is 0.470. The second-order valence-corrected chi connectivity index (χ2v) is 5.26. The van der Waals surface area contributed by atoms with Gasteiger partial charge in [-0.15, -0.1) is 0 Å². The fourth-order valence-corrected chi connectivity index (χ4v) is 2.89. The molecule has 2 N–H and O–H groups in total. The van der Waals surface area contributed by atoms with E-state index in [0.29, 0.717) is 23.2 Å². The van der Waals surface area contributed by atoms with Gasteiger partial charge in [-0.05, 0) is 45.3 Å². The molecule has 0 unspecified atom stereocenters. The van der Waals surface area contributed by atoms with Crippen molar-refractivity contribution >= 4 is 23.3 Å². The van der Waals surface area contributed by atoms with Crippen LogP contribution in [0.4, 0.5) is 0 Å². The lowest BCUT2D eigenvalue weighted by Gasteiger charge is -2.33. The van der Waals surface area contributed by atoms with E-state index in [1.165, 1.54) is 0 Å². The van der Waals surface area contributed by atoms with E-state index in [2.05, 4.69) is 22.8 Å². The number of nitrogens with one attached hydrogen (secondary N) is 2. The maximum absolute atomic E-state index is 12.1. The highest BCUT2D eigenvalue weighted by Gasteiger charge is 2.31. The maximum atomic E-state index is 12.1. The molecule has 2 rings (SSSR count). The molecule has 0 bridgehead atoms. The molecule has 4 nitrogen and oxygen atoms in total. The first-order chi connectivity index (χ1) is 9.13. The third-order valence-corrected chi connectivity index (χ3v) is 3.71. The van der Waals surface area contributed by atoms with Crippen LogP contribution in [0, 0.1) is 5.92 Å². The first-order valence-corrected chi connectivity index (χ1v) is 7.18. The highest BCUT2D eigenvalue weighted by atomic mass is 32.1. The Hall–Kier alpha value is -1.36. The molecule has 0 saturated heterocycles. The molecule has 19 heavy (non-hydrogen) atoms. The van der Waals surface area contributed by atoms with E-state index >= 15 is 0 Å². The van der Waals surface area contributed by atoms with Crippen molar-refractivity contribution in [3.8, 4) is 0 Å². The van der Waals surface area contributed by atoms with Crippen molar-refractivity contribution in [3.63, 3.8) is 0 Å². The lowest BCUT2D eigenvalue weighted by molar-refractivity contribution is -0.139. The number of ether oxygens (including phenoxy) is 1. The molecule has 104 valence electrons. The van der Waals surface area contributed by atoms with E-state index in [1.807, 2.05) is 13.8 Å². The van der Waals surface area contributed by atoms with Crippen molar-refractivity contribution in [1.29, 1.82) is 0 Å². The van der Waals surface area contributed by atoms with Crippen LogP contribution < -0.4 is 10.6 Å². The van der Waals surface area contributed by atoms with Crippen molar-refractivity contribution < 1.29 is 9.53 Å². The number of carbonyl (C=O) groups excluding carboxylic acids is 1. The Labute approximate surface area is 119 Å². The predicted octanol–water partition coefficient (Wildman–Crippen LogP) is 2.03. The average Bonchev–Trinajstić information content (AvgIpc) is 2.39. The van der Waals surface area contributed by atoms with Crippen molar-refractivity contribution in [1.82, 2.24) is 10.6 Å². The van der Waals surface area contributed by atoms with Crippen LogP contribution >= 0.6 is 12.2 Å². The summed E-state index contributed by atoms with van der Waals surface area (Å²) < 4.78 is 5.17. The predicted molar refractivity (Wildman–Crippen MR) is 78.5 cm³/mol. The Bertz CT molecular complexity index is 443. The third kappa shape index (κ3) is 3.15. The first-order valence-electron chi connectivity index (χ1n) is 6.77. The maximum Gasteiger partial charge on any atom is 0.337 e. The zero-order chi connectivity index (χ0) is 13.8.